The van der Waals surface area contributed by atoms with Gasteiger partial charge in [0.1, 0.15) is 0 Å². The van der Waals surface area contributed by atoms with Crippen LogP contribution in [0.15, 0.2) is 30.3 Å². The second kappa shape index (κ2) is 6.44. The Balaban J connectivity index is 3.10. The van der Waals surface area contributed by atoms with E-state index in [1.807, 2.05) is 0 Å². The Labute approximate surface area is 127 Å². The molecule has 20 heavy (non-hydrogen) atoms. The van der Waals surface area contributed by atoms with E-state index in [-0.39, 0.29) is 11.0 Å². The van der Waals surface area contributed by atoms with Gasteiger partial charge < -0.3 is 5.32 Å². The summed E-state index contributed by atoms with van der Waals surface area (Å²) in [6.45, 7) is 17.6. The average Bonchev–Trinajstić information content (AvgIpc) is 2.33. The average molecular weight is 292 g/mol. The number of nitrogens with one attached hydrogen (secondary N) is 1. The van der Waals surface area contributed by atoms with E-state index in [1.54, 1.807) is 0 Å². The molecule has 0 aliphatic carbocycles. The number of hydrogen-bond acceptors (Lipinski definition) is 1. The molecule has 0 spiro atoms. The SMILES string of the molecule is CCC(CNC(C)(C)C)(C[Si](C)(C)C)c1ccccc1. The Bertz CT molecular complexity index is 400. The van der Waals surface area contributed by atoms with Crippen molar-refractivity contribution in [1.29, 1.82) is 0 Å². The van der Waals surface area contributed by atoms with Crippen LogP contribution in [0.25, 0.3) is 0 Å². The molecule has 1 unspecified atom stereocenters. The molecule has 1 rings (SSSR count). The molecule has 0 saturated carbocycles. The summed E-state index contributed by atoms with van der Waals surface area (Å²) >= 11 is 0. The molecule has 1 aromatic rings. The van der Waals surface area contributed by atoms with Gasteiger partial charge in [0.25, 0.3) is 0 Å². The summed E-state index contributed by atoms with van der Waals surface area (Å²) < 4.78 is 0. The topological polar surface area (TPSA) is 12.0 Å². The number of rotatable bonds is 6. The highest BCUT2D eigenvalue weighted by atomic mass is 28.3. The van der Waals surface area contributed by atoms with Gasteiger partial charge in [0.05, 0.1) is 0 Å². The highest BCUT2D eigenvalue weighted by molar-refractivity contribution is 6.76. The highest BCUT2D eigenvalue weighted by Gasteiger charge is 2.36. The summed E-state index contributed by atoms with van der Waals surface area (Å²) in [6, 6.07) is 12.4. The minimum Gasteiger partial charge on any atom is -0.311 e. The highest BCUT2D eigenvalue weighted by Crippen LogP contribution is 2.36. The quantitative estimate of drug-likeness (QED) is 0.722. The third kappa shape index (κ3) is 5.41. The van der Waals surface area contributed by atoms with Crippen LogP contribution in [-0.2, 0) is 5.41 Å². The molecule has 1 N–H and O–H groups in total. The van der Waals surface area contributed by atoms with Crippen molar-refractivity contribution in [2.45, 2.75) is 70.8 Å². The van der Waals surface area contributed by atoms with E-state index in [4.69, 9.17) is 0 Å². The monoisotopic (exact) mass is 291 g/mol. The first-order valence-corrected chi connectivity index (χ1v) is 11.6. The first kappa shape index (κ1) is 17.4. The smallest absolute Gasteiger partial charge is 0.0451 e. The molecular formula is C18H33NSi. The fourth-order valence-electron chi connectivity index (χ4n) is 2.96. The zero-order chi connectivity index (χ0) is 15.4. The zero-order valence-corrected chi connectivity index (χ0v) is 15.5. The summed E-state index contributed by atoms with van der Waals surface area (Å²) in [7, 11) is -1.13. The van der Waals surface area contributed by atoms with Gasteiger partial charge in [-0.05, 0) is 38.8 Å². The van der Waals surface area contributed by atoms with Crippen molar-refractivity contribution in [3.63, 3.8) is 0 Å². The van der Waals surface area contributed by atoms with Crippen LogP contribution in [0.3, 0.4) is 0 Å². The Hall–Kier alpha value is -0.603. The lowest BCUT2D eigenvalue weighted by atomic mass is 9.79. The Kier molecular flexibility index (Phi) is 5.62. The van der Waals surface area contributed by atoms with Crippen LogP contribution >= 0.6 is 0 Å². The van der Waals surface area contributed by atoms with Gasteiger partial charge in [-0.25, -0.2) is 0 Å². The van der Waals surface area contributed by atoms with E-state index in [0.29, 0.717) is 0 Å². The largest absolute Gasteiger partial charge is 0.311 e. The molecule has 0 aliphatic heterocycles. The molecule has 114 valence electrons. The van der Waals surface area contributed by atoms with Gasteiger partial charge in [-0.3, -0.25) is 0 Å². The third-order valence-electron chi connectivity index (χ3n) is 3.89. The molecule has 1 nitrogen and oxygen atoms in total. The maximum atomic E-state index is 3.76. The molecule has 0 radical (unpaired) electrons. The molecule has 1 atom stereocenters. The summed E-state index contributed by atoms with van der Waals surface area (Å²) in [5, 5.41) is 3.76. The minimum absolute atomic E-state index is 0.175. The van der Waals surface area contributed by atoms with Crippen LogP contribution in [0, 0.1) is 0 Å². The summed E-state index contributed by atoms with van der Waals surface area (Å²) in [6.07, 6.45) is 1.20. The molecule has 0 aliphatic rings. The van der Waals surface area contributed by atoms with Crippen molar-refractivity contribution in [2.75, 3.05) is 6.54 Å². The van der Waals surface area contributed by atoms with Crippen LogP contribution in [0.5, 0.6) is 0 Å². The van der Waals surface area contributed by atoms with Gasteiger partial charge in [0.15, 0.2) is 0 Å². The first-order chi connectivity index (χ1) is 9.08. The van der Waals surface area contributed by atoms with Gasteiger partial charge in [-0.15, -0.1) is 0 Å². The van der Waals surface area contributed by atoms with Crippen molar-refractivity contribution >= 4 is 8.07 Å². The summed E-state index contributed by atoms with van der Waals surface area (Å²) in [5.74, 6) is 0. The zero-order valence-electron chi connectivity index (χ0n) is 14.5. The molecule has 0 bridgehead atoms. The van der Waals surface area contributed by atoms with Crippen LogP contribution in [0.4, 0.5) is 0 Å². The predicted octanol–water partition coefficient (Wildman–Crippen LogP) is 5.06. The van der Waals surface area contributed by atoms with E-state index in [2.05, 4.69) is 83.0 Å². The van der Waals surface area contributed by atoms with Crippen molar-refractivity contribution in [3.05, 3.63) is 35.9 Å². The predicted molar refractivity (Wildman–Crippen MR) is 94.3 cm³/mol. The fraction of sp³-hybridized carbons (Fsp3) is 0.667. The van der Waals surface area contributed by atoms with Crippen molar-refractivity contribution in [3.8, 4) is 0 Å². The molecule has 0 amide bonds. The van der Waals surface area contributed by atoms with Gasteiger partial charge in [-0.1, -0.05) is 56.9 Å². The van der Waals surface area contributed by atoms with E-state index in [1.165, 1.54) is 18.0 Å². The van der Waals surface area contributed by atoms with E-state index < -0.39 is 8.07 Å². The van der Waals surface area contributed by atoms with Crippen LogP contribution in [0.2, 0.25) is 25.7 Å². The van der Waals surface area contributed by atoms with E-state index in [9.17, 15) is 0 Å². The number of benzene rings is 1. The van der Waals surface area contributed by atoms with Crippen molar-refractivity contribution < 1.29 is 0 Å². The maximum Gasteiger partial charge on any atom is 0.0451 e. The Morgan fingerprint density at radius 2 is 1.55 bits per heavy atom. The minimum atomic E-state index is -1.13. The normalized spacial score (nSPS) is 15.9. The second-order valence-corrected chi connectivity index (χ2v) is 13.8. The van der Waals surface area contributed by atoms with Gasteiger partial charge in [0, 0.05) is 25.6 Å². The fourth-order valence-corrected chi connectivity index (χ4v) is 5.57. The van der Waals surface area contributed by atoms with Crippen LogP contribution in [-0.4, -0.2) is 20.2 Å². The van der Waals surface area contributed by atoms with E-state index in [0.717, 1.165) is 6.54 Å². The summed E-state index contributed by atoms with van der Waals surface area (Å²) in [5.41, 5.74) is 1.95. The number of hydrogen-bond donors (Lipinski definition) is 1. The molecular weight excluding hydrogens is 258 g/mol. The molecule has 0 aromatic heterocycles. The Morgan fingerprint density at radius 3 is 1.95 bits per heavy atom. The lowest BCUT2D eigenvalue weighted by molar-refractivity contribution is 0.337. The van der Waals surface area contributed by atoms with Gasteiger partial charge >= 0.3 is 0 Å². The molecule has 0 fully saturated rings. The molecule has 1 aromatic carbocycles. The lowest BCUT2D eigenvalue weighted by Gasteiger charge is -2.40. The van der Waals surface area contributed by atoms with Crippen LogP contribution < -0.4 is 5.32 Å². The lowest BCUT2D eigenvalue weighted by Crippen LogP contribution is -2.48. The standard InChI is InChI=1S/C18H33NSi/c1-8-18(15-20(5,6)7,14-19-17(2,3)4)16-12-10-9-11-13-16/h9-13,19H,8,14-15H2,1-7H3. The maximum absolute atomic E-state index is 3.76. The third-order valence-corrected chi connectivity index (χ3v) is 5.63. The first-order valence-electron chi connectivity index (χ1n) is 7.89. The van der Waals surface area contributed by atoms with E-state index >= 15 is 0 Å². The van der Waals surface area contributed by atoms with Crippen LogP contribution in [0.1, 0.15) is 39.7 Å². The van der Waals surface area contributed by atoms with Gasteiger partial charge in [-0.2, -0.15) is 0 Å². The molecule has 0 heterocycles. The molecule has 0 saturated heterocycles. The Morgan fingerprint density at radius 1 is 1.00 bits per heavy atom. The van der Waals surface area contributed by atoms with Gasteiger partial charge in [0.2, 0.25) is 0 Å². The van der Waals surface area contributed by atoms with Crippen molar-refractivity contribution in [1.82, 2.24) is 5.32 Å². The summed E-state index contributed by atoms with van der Waals surface area (Å²) in [4.78, 5) is 0. The van der Waals surface area contributed by atoms with Crippen molar-refractivity contribution in [2.24, 2.45) is 0 Å². The molecule has 2 heteroatoms. The second-order valence-electron chi connectivity index (χ2n) is 8.34.